The average molecular weight is 275 g/mol. The van der Waals surface area contributed by atoms with Crippen LogP contribution in [0.3, 0.4) is 0 Å². The molecule has 1 aliphatic rings. The van der Waals surface area contributed by atoms with Gasteiger partial charge in [-0.05, 0) is 6.07 Å². The predicted octanol–water partition coefficient (Wildman–Crippen LogP) is 0.852. The molecule has 1 amide bonds. The second kappa shape index (κ2) is 7.31. The predicted molar refractivity (Wildman–Crippen MR) is 68.1 cm³/mol. The summed E-state index contributed by atoms with van der Waals surface area (Å²) in [4.78, 5) is 11.7. The Morgan fingerprint density at radius 3 is 2.94 bits per heavy atom. The van der Waals surface area contributed by atoms with Crippen LogP contribution in [-0.2, 0) is 16.1 Å². The van der Waals surface area contributed by atoms with Gasteiger partial charge in [0.15, 0.2) is 0 Å². The monoisotopic (exact) mass is 274 g/mol. The molecule has 0 saturated carbocycles. The summed E-state index contributed by atoms with van der Waals surface area (Å²) in [5.41, 5.74) is 0.484. The summed E-state index contributed by atoms with van der Waals surface area (Å²) in [5, 5.41) is 5.73. The highest BCUT2D eigenvalue weighted by Crippen LogP contribution is 2.05. The Morgan fingerprint density at radius 1 is 1.50 bits per heavy atom. The lowest BCUT2D eigenvalue weighted by molar-refractivity contribution is -0.126. The number of halogens is 2. The topological polar surface area (TPSA) is 50.4 Å². The number of hydrogen-bond acceptors (Lipinski definition) is 3. The van der Waals surface area contributed by atoms with E-state index in [1.165, 1.54) is 6.07 Å². The van der Waals surface area contributed by atoms with E-state index in [-0.39, 0.29) is 36.7 Å². The first-order valence-corrected chi connectivity index (χ1v) is 5.59. The van der Waals surface area contributed by atoms with Crippen molar-refractivity contribution in [1.29, 1.82) is 0 Å². The fourth-order valence-electron chi connectivity index (χ4n) is 1.68. The summed E-state index contributed by atoms with van der Waals surface area (Å²) in [7, 11) is 0. The molecule has 1 aliphatic heterocycles. The summed E-state index contributed by atoms with van der Waals surface area (Å²) in [6.07, 6.45) is 0. The Bertz CT molecular complexity index is 397. The molecule has 2 rings (SSSR count). The third-order valence-electron chi connectivity index (χ3n) is 2.65. The van der Waals surface area contributed by atoms with Gasteiger partial charge < -0.3 is 15.4 Å². The normalized spacial score (nSPS) is 18.8. The Labute approximate surface area is 111 Å². The number of amides is 1. The summed E-state index contributed by atoms with van der Waals surface area (Å²) in [6.45, 7) is 1.85. The zero-order valence-corrected chi connectivity index (χ0v) is 10.6. The van der Waals surface area contributed by atoms with Crippen molar-refractivity contribution in [3.8, 4) is 0 Å². The van der Waals surface area contributed by atoms with Crippen molar-refractivity contribution < 1.29 is 13.9 Å². The Kier molecular flexibility index (Phi) is 6.04. The molecule has 1 atom stereocenters. The van der Waals surface area contributed by atoms with Crippen LogP contribution in [0.2, 0.25) is 0 Å². The van der Waals surface area contributed by atoms with E-state index in [1.54, 1.807) is 18.2 Å². The van der Waals surface area contributed by atoms with Gasteiger partial charge in [-0.25, -0.2) is 4.39 Å². The average Bonchev–Trinajstić information content (AvgIpc) is 2.38. The van der Waals surface area contributed by atoms with Crippen LogP contribution < -0.4 is 10.6 Å². The Balaban J connectivity index is 0.00000162. The van der Waals surface area contributed by atoms with Gasteiger partial charge in [-0.15, -0.1) is 12.4 Å². The molecule has 100 valence electrons. The highest BCUT2D eigenvalue weighted by Gasteiger charge is 2.20. The molecule has 4 nitrogen and oxygen atoms in total. The minimum Gasteiger partial charge on any atom is -0.378 e. The number of ether oxygens (including phenoxy) is 1. The highest BCUT2D eigenvalue weighted by atomic mass is 35.5. The van der Waals surface area contributed by atoms with Crippen molar-refractivity contribution >= 4 is 18.3 Å². The van der Waals surface area contributed by atoms with E-state index in [0.717, 1.165) is 0 Å². The second-order valence-corrected chi connectivity index (χ2v) is 3.89. The molecule has 6 heteroatoms. The van der Waals surface area contributed by atoms with Gasteiger partial charge in [0.2, 0.25) is 5.91 Å². The van der Waals surface area contributed by atoms with Crippen LogP contribution in [0.25, 0.3) is 0 Å². The van der Waals surface area contributed by atoms with Gasteiger partial charge in [-0.1, -0.05) is 18.2 Å². The summed E-state index contributed by atoms with van der Waals surface area (Å²) < 4.78 is 18.5. The van der Waals surface area contributed by atoms with Gasteiger partial charge in [0.05, 0.1) is 13.2 Å². The smallest absolute Gasteiger partial charge is 0.239 e. The molecule has 1 heterocycles. The molecule has 2 N–H and O–H groups in total. The van der Waals surface area contributed by atoms with Crippen molar-refractivity contribution in [3.05, 3.63) is 35.6 Å². The van der Waals surface area contributed by atoms with Crippen LogP contribution in [0.5, 0.6) is 0 Å². The van der Waals surface area contributed by atoms with E-state index in [0.29, 0.717) is 25.3 Å². The van der Waals surface area contributed by atoms with Crippen LogP contribution in [-0.4, -0.2) is 31.7 Å². The van der Waals surface area contributed by atoms with Crippen molar-refractivity contribution in [3.63, 3.8) is 0 Å². The second-order valence-electron chi connectivity index (χ2n) is 3.89. The van der Waals surface area contributed by atoms with Gasteiger partial charge in [0, 0.05) is 18.7 Å². The van der Waals surface area contributed by atoms with E-state index in [2.05, 4.69) is 10.6 Å². The molecule has 0 aliphatic carbocycles. The molecule has 1 unspecified atom stereocenters. The molecule has 18 heavy (non-hydrogen) atoms. The number of morpholine rings is 1. The van der Waals surface area contributed by atoms with Gasteiger partial charge in [0.25, 0.3) is 0 Å². The number of carbonyl (C=O) groups excluding carboxylic acids is 1. The van der Waals surface area contributed by atoms with Crippen LogP contribution in [0, 0.1) is 5.82 Å². The quantitative estimate of drug-likeness (QED) is 0.859. The molecule has 0 bridgehead atoms. The maximum Gasteiger partial charge on any atom is 0.239 e. The molecule has 1 aromatic carbocycles. The summed E-state index contributed by atoms with van der Waals surface area (Å²) >= 11 is 0. The fraction of sp³-hybridized carbons (Fsp3) is 0.417. The van der Waals surface area contributed by atoms with Gasteiger partial charge in [-0.3, -0.25) is 4.79 Å². The largest absolute Gasteiger partial charge is 0.378 e. The number of hydrogen-bond donors (Lipinski definition) is 2. The SMILES string of the molecule is Cl.O=C(NCc1ccccc1F)C1COCCN1. The lowest BCUT2D eigenvalue weighted by Crippen LogP contribution is -2.51. The first-order chi connectivity index (χ1) is 8.27. The van der Waals surface area contributed by atoms with Crippen molar-refractivity contribution in [1.82, 2.24) is 10.6 Å². The maximum atomic E-state index is 13.3. The summed E-state index contributed by atoms with van der Waals surface area (Å²) in [5.74, 6) is -0.464. The van der Waals surface area contributed by atoms with E-state index in [1.807, 2.05) is 0 Å². The van der Waals surface area contributed by atoms with Crippen LogP contribution >= 0.6 is 12.4 Å². The maximum absolute atomic E-state index is 13.3. The van der Waals surface area contributed by atoms with E-state index >= 15 is 0 Å². The minimum atomic E-state index is -0.337. The number of carbonyl (C=O) groups is 1. The van der Waals surface area contributed by atoms with E-state index in [9.17, 15) is 9.18 Å². The Morgan fingerprint density at radius 2 is 2.28 bits per heavy atom. The van der Waals surface area contributed by atoms with Crippen molar-refractivity contribution in [2.45, 2.75) is 12.6 Å². The van der Waals surface area contributed by atoms with Crippen molar-refractivity contribution in [2.24, 2.45) is 0 Å². The van der Waals surface area contributed by atoms with Crippen LogP contribution in [0.15, 0.2) is 24.3 Å². The molecule has 1 aromatic rings. The van der Waals surface area contributed by atoms with Gasteiger partial charge >= 0.3 is 0 Å². The first kappa shape index (κ1) is 14.9. The number of rotatable bonds is 3. The molecule has 0 aromatic heterocycles. The molecule has 0 spiro atoms. The first-order valence-electron chi connectivity index (χ1n) is 5.59. The number of benzene rings is 1. The lowest BCUT2D eigenvalue weighted by Gasteiger charge is -2.22. The van der Waals surface area contributed by atoms with Crippen LogP contribution in [0.4, 0.5) is 4.39 Å². The zero-order valence-electron chi connectivity index (χ0n) is 9.82. The molecular weight excluding hydrogens is 259 g/mol. The third-order valence-corrected chi connectivity index (χ3v) is 2.65. The van der Waals surface area contributed by atoms with E-state index in [4.69, 9.17) is 4.74 Å². The zero-order chi connectivity index (χ0) is 12.1. The highest BCUT2D eigenvalue weighted by molar-refractivity contribution is 5.85. The minimum absolute atomic E-state index is 0. The van der Waals surface area contributed by atoms with Crippen molar-refractivity contribution in [2.75, 3.05) is 19.8 Å². The molecule has 0 radical (unpaired) electrons. The lowest BCUT2D eigenvalue weighted by atomic mass is 10.2. The third kappa shape index (κ3) is 3.94. The standard InChI is InChI=1S/C12H15FN2O2.ClH/c13-10-4-2-1-3-9(10)7-15-12(16)11-8-17-6-5-14-11;/h1-4,11,14H,5-8H2,(H,15,16);1H. The molecule has 1 saturated heterocycles. The van der Waals surface area contributed by atoms with Gasteiger partial charge in [-0.2, -0.15) is 0 Å². The Hall–Kier alpha value is -1.17. The van der Waals surface area contributed by atoms with Gasteiger partial charge in [0.1, 0.15) is 11.9 Å². The molecular formula is C12H16ClFN2O2. The van der Waals surface area contributed by atoms with Crippen LogP contribution in [0.1, 0.15) is 5.56 Å². The van der Waals surface area contributed by atoms with E-state index < -0.39 is 0 Å². The fourth-order valence-corrected chi connectivity index (χ4v) is 1.68. The summed E-state index contributed by atoms with van der Waals surface area (Å²) in [6, 6.07) is 6.06. The number of nitrogens with one attached hydrogen (secondary N) is 2. The molecule has 1 fully saturated rings.